The number of rotatable bonds is 7. The first-order chi connectivity index (χ1) is 10.6. The van der Waals surface area contributed by atoms with Crippen LogP contribution in [0.4, 0.5) is 8.78 Å². The molecule has 0 spiro atoms. The van der Waals surface area contributed by atoms with Gasteiger partial charge in [0.05, 0.1) is 6.54 Å². The predicted octanol–water partition coefficient (Wildman–Crippen LogP) is 3.62. The molecule has 0 aliphatic heterocycles. The predicted molar refractivity (Wildman–Crippen MR) is 81.8 cm³/mol. The first kappa shape index (κ1) is 16.2. The van der Waals surface area contributed by atoms with Gasteiger partial charge in [-0.25, -0.2) is 8.78 Å². The highest BCUT2D eigenvalue weighted by atomic mass is 32.1. The van der Waals surface area contributed by atoms with E-state index >= 15 is 0 Å². The normalized spacial score (nSPS) is 10.3. The summed E-state index contributed by atoms with van der Waals surface area (Å²) >= 11 is 1.54. The van der Waals surface area contributed by atoms with Gasteiger partial charge in [0.1, 0.15) is 5.82 Å². The Kier molecular flexibility index (Phi) is 5.66. The van der Waals surface area contributed by atoms with E-state index in [1.54, 1.807) is 22.3 Å². The molecule has 6 heteroatoms. The molecule has 116 valence electrons. The van der Waals surface area contributed by atoms with Crippen LogP contribution in [0.2, 0.25) is 0 Å². The van der Waals surface area contributed by atoms with E-state index in [2.05, 4.69) is 6.58 Å². The Balaban J connectivity index is 1.97. The molecule has 1 amide bonds. The molecule has 0 bridgehead atoms. The van der Waals surface area contributed by atoms with Crippen LogP contribution >= 0.6 is 11.3 Å². The Morgan fingerprint density at radius 1 is 1.36 bits per heavy atom. The van der Waals surface area contributed by atoms with Gasteiger partial charge < -0.3 is 9.64 Å². The summed E-state index contributed by atoms with van der Waals surface area (Å²) in [7, 11) is 0. The van der Waals surface area contributed by atoms with Crippen molar-refractivity contribution in [2.75, 3.05) is 13.2 Å². The summed E-state index contributed by atoms with van der Waals surface area (Å²) in [5.41, 5.74) is 0. The molecule has 0 saturated heterocycles. The fourth-order valence-electron chi connectivity index (χ4n) is 1.82. The van der Waals surface area contributed by atoms with Crippen LogP contribution in [0.15, 0.2) is 48.4 Å². The molecular formula is C16H15F2NO2S. The Labute approximate surface area is 131 Å². The van der Waals surface area contributed by atoms with Crippen molar-refractivity contribution >= 4 is 17.2 Å². The summed E-state index contributed by atoms with van der Waals surface area (Å²) in [6.07, 6.45) is 1.62. The highest BCUT2D eigenvalue weighted by Gasteiger charge is 2.15. The second-order valence-electron chi connectivity index (χ2n) is 4.51. The minimum atomic E-state index is -0.832. The number of thiophene rings is 1. The van der Waals surface area contributed by atoms with E-state index in [9.17, 15) is 13.6 Å². The SMILES string of the molecule is C=CCN(Cc1cccs1)C(=O)COc1ccc(F)cc1F. The van der Waals surface area contributed by atoms with Crippen molar-refractivity contribution in [3.63, 3.8) is 0 Å². The number of carbonyl (C=O) groups is 1. The zero-order chi connectivity index (χ0) is 15.9. The van der Waals surface area contributed by atoms with Gasteiger partial charge in [0, 0.05) is 17.5 Å². The van der Waals surface area contributed by atoms with E-state index in [1.165, 1.54) is 0 Å². The Morgan fingerprint density at radius 2 is 2.18 bits per heavy atom. The van der Waals surface area contributed by atoms with E-state index in [1.807, 2.05) is 17.5 Å². The second kappa shape index (κ2) is 7.70. The van der Waals surface area contributed by atoms with Crippen LogP contribution in [0.1, 0.15) is 4.88 Å². The van der Waals surface area contributed by atoms with Gasteiger partial charge in [-0.2, -0.15) is 0 Å². The molecular weight excluding hydrogens is 308 g/mol. The van der Waals surface area contributed by atoms with E-state index in [0.717, 1.165) is 17.0 Å². The lowest BCUT2D eigenvalue weighted by Crippen LogP contribution is -2.34. The van der Waals surface area contributed by atoms with Crippen LogP contribution in [0.3, 0.4) is 0 Å². The number of benzene rings is 1. The summed E-state index contributed by atoms with van der Waals surface area (Å²) < 4.78 is 31.4. The van der Waals surface area contributed by atoms with Crippen LogP contribution in [-0.4, -0.2) is 24.0 Å². The monoisotopic (exact) mass is 323 g/mol. The van der Waals surface area contributed by atoms with Crippen LogP contribution < -0.4 is 4.74 Å². The van der Waals surface area contributed by atoms with Crippen LogP contribution in [0.25, 0.3) is 0 Å². The first-order valence-electron chi connectivity index (χ1n) is 6.59. The van der Waals surface area contributed by atoms with E-state index in [4.69, 9.17) is 4.74 Å². The molecule has 3 nitrogen and oxygen atoms in total. The number of nitrogens with zero attached hydrogens (tertiary/aromatic N) is 1. The Morgan fingerprint density at radius 3 is 2.82 bits per heavy atom. The minimum absolute atomic E-state index is 0.149. The van der Waals surface area contributed by atoms with Crippen molar-refractivity contribution in [2.24, 2.45) is 0 Å². The maximum absolute atomic E-state index is 13.5. The Bertz CT molecular complexity index is 644. The van der Waals surface area contributed by atoms with Crippen molar-refractivity contribution < 1.29 is 18.3 Å². The summed E-state index contributed by atoms with van der Waals surface area (Å²) in [6, 6.07) is 6.79. The van der Waals surface area contributed by atoms with Gasteiger partial charge in [0.2, 0.25) is 0 Å². The largest absolute Gasteiger partial charge is 0.481 e. The average Bonchev–Trinajstić information content (AvgIpc) is 2.98. The highest BCUT2D eigenvalue weighted by Crippen LogP contribution is 2.18. The number of hydrogen-bond acceptors (Lipinski definition) is 3. The molecule has 2 rings (SSSR count). The van der Waals surface area contributed by atoms with Crippen molar-refractivity contribution in [3.05, 3.63) is 64.9 Å². The maximum Gasteiger partial charge on any atom is 0.261 e. The topological polar surface area (TPSA) is 29.5 Å². The Hall–Kier alpha value is -2.21. The molecule has 0 N–H and O–H groups in total. The summed E-state index contributed by atoms with van der Waals surface area (Å²) in [4.78, 5) is 14.8. The molecule has 0 saturated carbocycles. The van der Waals surface area contributed by atoms with Crippen molar-refractivity contribution in [1.82, 2.24) is 4.90 Å². The molecule has 22 heavy (non-hydrogen) atoms. The minimum Gasteiger partial charge on any atom is -0.481 e. The molecule has 0 atom stereocenters. The lowest BCUT2D eigenvalue weighted by molar-refractivity contribution is -0.133. The van der Waals surface area contributed by atoms with Crippen molar-refractivity contribution in [3.8, 4) is 5.75 Å². The first-order valence-corrected chi connectivity index (χ1v) is 7.47. The standard InChI is InChI=1S/C16H15F2NO2S/c1-2-7-19(10-13-4-3-8-22-13)16(20)11-21-15-6-5-12(17)9-14(15)18/h2-6,8-9H,1,7,10-11H2. The van der Waals surface area contributed by atoms with Gasteiger partial charge >= 0.3 is 0 Å². The third-order valence-corrected chi connectivity index (χ3v) is 3.74. The quantitative estimate of drug-likeness (QED) is 0.728. The molecule has 1 aromatic carbocycles. The second-order valence-corrected chi connectivity index (χ2v) is 5.54. The van der Waals surface area contributed by atoms with Crippen LogP contribution in [0.5, 0.6) is 5.75 Å². The number of amides is 1. The zero-order valence-electron chi connectivity index (χ0n) is 11.8. The fourth-order valence-corrected chi connectivity index (χ4v) is 2.54. The van der Waals surface area contributed by atoms with Gasteiger partial charge in [0.15, 0.2) is 18.2 Å². The zero-order valence-corrected chi connectivity index (χ0v) is 12.6. The third-order valence-electron chi connectivity index (χ3n) is 2.87. The van der Waals surface area contributed by atoms with Crippen LogP contribution in [0, 0.1) is 11.6 Å². The van der Waals surface area contributed by atoms with Gasteiger partial charge in [0.25, 0.3) is 5.91 Å². The van der Waals surface area contributed by atoms with Crippen LogP contribution in [-0.2, 0) is 11.3 Å². The maximum atomic E-state index is 13.5. The smallest absolute Gasteiger partial charge is 0.261 e. The summed E-state index contributed by atoms with van der Waals surface area (Å²) in [5.74, 6) is -1.97. The lowest BCUT2D eigenvalue weighted by atomic mass is 10.3. The van der Waals surface area contributed by atoms with E-state index in [-0.39, 0.29) is 18.3 Å². The van der Waals surface area contributed by atoms with E-state index < -0.39 is 11.6 Å². The number of halogens is 2. The highest BCUT2D eigenvalue weighted by molar-refractivity contribution is 7.09. The van der Waals surface area contributed by atoms with E-state index in [0.29, 0.717) is 19.2 Å². The van der Waals surface area contributed by atoms with Crippen molar-refractivity contribution in [2.45, 2.75) is 6.54 Å². The fraction of sp³-hybridized carbons (Fsp3) is 0.188. The third kappa shape index (κ3) is 4.39. The van der Waals surface area contributed by atoms with Gasteiger partial charge in [-0.05, 0) is 23.6 Å². The number of carbonyl (C=O) groups excluding carboxylic acids is 1. The number of ether oxygens (including phenoxy) is 1. The van der Waals surface area contributed by atoms with Gasteiger partial charge in [-0.1, -0.05) is 12.1 Å². The molecule has 0 unspecified atom stereocenters. The molecule has 0 aliphatic carbocycles. The molecule has 0 aliphatic rings. The lowest BCUT2D eigenvalue weighted by Gasteiger charge is -2.20. The van der Waals surface area contributed by atoms with Gasteiger partial charge in [-0.15, -0.1) is 17.9 Å². The molecule has 0 fully saturated rings. The summed E-state index contributed by atoms with van der Waals surface area (Å²) in [6.45, 7) is 4.11. The average molecular weight is 323 g/mol. The number of hydrogen-bond donors (Lipinski definition) is 0. The molecule has 0 radical (unpaired) electrons. The molecule has 2 aromatic rings. The molecule has 1 aromatic heterocycles. The molecule has 1 heterocycles. The van der Waals surface area contributed by atoms with Crippen molar-refractivity contribution in [1.29, 1.82) is 0 Å². The summed E-state index contributed by atoms with van der Waals surface area (Å²) in [5, 5.41) is 1.93. The van der Waals surface area contributed by atoms with Gasteiger partial charge in [-0.3, -0.25) is 4.79 Å².